The van der Waals surface area contributed by atoms with E-state index in [0.717, 1.165) is 25.7 Å². The minimum Gasteiger partial charge on any atom is -0.508 e. The fourth-order valence-corrected chi connectivity index (χ4v) is 4.34. The Bertz CT molecular complexity index is 1090. The van der Waals surface area contributed by atoms with E-state index in [1.807, 2.05) is 0 Å². The number of rotatable bonds is 6. The first kappa shape index (κ1) is 22.9. The fourth-order valence-electron chi connectivity index (χ4n) is 4.34. The third-order valence-electron chi connectivity index (χ3n) is 6.15. The van der Waals surface area contributed by atoms with Crippen LogP contribution in [0.15, 0.2) is 48.0 Å². The van der Waals surface area contributed by atoms with Crippen molar-refractivity contribution in [3.8, 4) is 5.75 Å². The molecule has 2 N–H and O–H groups in total. The lowest BCUT2D eigenvalue weighted by Crippen LogP contribution is -2.38. The maximum absolute atomic E-state index is 14.2. The second-order valence-corrected chi connectivity index (χ2v) is 8.36. The largest absolute Gasteiger partial charge is 0.508 e. The van der Waals surface area contributed by atoms with Crippen molar-refractivity contribution >= 4 is 17.4 Å². The van der Waals surface area contributed by atoms with E-state index in [9.17, 15) is 24.2 Å². The number of carbonyl (C=O) groups is 2. The first-order chi connectivity index (χ1) is 15.9. The molecule has 2 aliphatic rings. The second kappa shape index (κ2) is 9.72. The van der Waals surface area contributed by atoms with Crippen LogP contribution in [0.2, 0.25) is 0 Å². The molecule has 2 saturated heterocycles. The number of ether oxygens (including phenoxy) is 1. The molecule has 2 aliphatic heterocycles. The highest BCUT2D eigenvalue weighted by Gasteiger charge is 2.46. The summed E-state index contributed by atoms with van der Waals surface area (Å²) in [5.74, 6) is -2.52. The molecule has 1 amide bonds. The molecule has 4 rings (SSSR count). The van der Waals surface area contributed by atoms with Crippen LogP contribution in [0.1, 0.15) is 29.2 Å². The summed E-state index contributed by atoms with van der Waals surface area (Å²) in [6.45, 7) is 5.59. The number of halogens is 1. The van der Waals surface area contributed by atoms with Gasteiger partial charge in [0.25, 0.3) is 11.7 Å². The quantitative estimate of drug-likeness (QED) is 0.396. The second-order valence-electron chi connectivity index (χ2n) is 8.36. The predicted molar refractivity (Wildman–Crippen MR) is 120 cm³/mol. The molecular formula is C25H27FN2O5. The van der Waals surface area contributed by atoms with Gasteiger partial charge in [-0.3, -0.25) is 14.5 Å². The summed E-state index contributed by atoms with van der Waals surface area (Å²) in [7, 11) is 0. The third kappa shape index (κ3) is 4.77. The first-order valence-electron chi connectivity index (χ1n) is 11.0. The van der Waals surface area contributed by atoms with Gasteiger partial charge in [-0.15, -0.1) is 0 Å². The molecule has 33 heavy (non-hydrogen) atoms. The Labute approximate surface area is 191 Å². The van der Waals surface area contributed by atoms with E-state index in [2.05, 4.69) is 4.90 Å². The Hall–Kier alpha value is -3.23. The van der Waals surface area contributed by atoms with Crippen LogP contribution in [-0.4, -0.2) is 71.1 Å². The number of Topliss-reactive ketones (excluding diaryl/α,β-unsaturated/α-hetero) is 1. The molecule has 174 valence electrons. The summed E-state index contributed by atoms with van der Waals surface area (Å²) in [6, 6.07) is 9.54. The number of benzene rings is 2. The lowest BCUT2D eigenvalue weighted by molar-refractivity contribution is -0.140. The zero-order valence-corrected chi connectivity index (χ0v) is 18.5. The van der Waals surface area contributed by atoms with Crippen LogP contribution in [-0.2, 0) is 14.3 Å². The first-order valence-corrected chi connectivity index (χ1v) is 11.0. The van der Waals surface area contributed by atoms with Gasteiger partial charge in [0.15, 0.2) is 0 Å². The van der Waals surface area contributed by atoms with Crippen LogP contribution in [0.25, 0.3) is 5.76 Å². The van der Waals surface area contributed by atoms with E-state index >= 15 is 0 Å². The highest BCUT2D eigenvalue weighted by atomic mass is 19.1. The Kier molecular flexibility index (Phi) is 6.76. The number of nitrogens with zero attached hydrogens (tertiary/aromatic N) is 2. The zero-order valence-electron chi connectivity index (χ0n) is 18.5. The summed E-state index contributed by atoms with van der Waals surface area (Å²) in [4.78, 5) is 29.7. The van der Waals surface area contributed by atoms with Crippen LogP contribution in [0.3, 0.4) is 0 Å². The number of phenols is 1. The number of amides is 1. The fraction of sp³-hybridized carbons (Fsp3) is 0.360. The van der Waals surface area contributed by atoms with Gasteiger partial charge >= 0.3 is 0 Å². The van der Waals surface area contributed by atoms with Crippen LogP contribution < -0.4 is 0 Å². The molecule has 0 bridgehead atoms. The molecular weight excluding hydrogens is 427 g/mol. The van der Waals surface area contributed by atoms with Gasteiger partial charge in [-0.1, -0.05) is 24.3 Å². The van der Waals surface area contributed by atoms with Crippen molar-refractivity contribution in [1.82, 2.24) is 9.80 Å². The molecule has 0 aliphatic carbocycles. The molecule has 0 spiro atoms. The van der Waals surface area contributed by atoms with E-state index in [0.29, 0.717) is 37.3 Å². The Balaban J connectivity index is 1.69. The Morgan fingerprint density at radius 1 is 1.12 bits per heavy atom. The van der Waals surface area contributed by atoms with Gasteiger partial charge in [-0.2, -0.15) is 0 Å². The highest BCUT2D eigenvalue weighted by Crippen LogP contribution is 2.40. The number of carbonyl (C=O) groups excluding carboxylic acids is 2. The van der Waals surface area contributed by atoms with Gasteiger partial charge in [-0.25, -0.2) is 4.39 Å². The predicted octanol–water partition coefficient (Wildman–Crippen LogP) is 2.98. The van der Waals surface area contributed by atoms with E-state index in [1.165, 1.54) is 29.2 Å². The number of aliphatic hydroxyl groups excluding tert-OH is 1. The standard InChI is InChI=1S/C25H27FN2O5/c1-16-6-7-18(15-20(16)26)23(30)21-22(17-4-2-5-19(29)14-17)28(25(32)24(21)31)9-3-8-27-10-12-33-13-11-27/h2,4-7,14-15,22,29-30H,3,8-13H2,1H3/b23-21-. The van der Waals surface area contributed by atoms with Gasteiger partial charge in [0.2, 0.25) is 0 Å². The molecule has 0 radical (unpaired) electrons. The topological polar surface area (TPSA) is 90.3 Å². The SMILES string of the molecule is Cc1ccc(/C(O)=C2/C(=O)C(=O)N(CCCN3CCOCC3)C2c2cccc(O)c2)cc1F. The third-order valence-corrected chi connectivity index (χ3v) is 6.15. The lowest BCUT2D eigenvalue weighted by Gasteiger charge is -2.29. The number of likely N-dealkylation sites (tertiary alicyclic amines) is 1. The average Bonchev–Trinajstić information content (AvgIpc) is 3.06. The smallest absolute Gasteiger partial charge is 0.295 e. The molecule has 2 heterocycles. The van der Waals surface area contributed by atoms with Crippen LogP contribution in [0.4, 0.5) is 4.39 Å². The lowest BCUT2D eigenvalue weighted by atomic mass is 9.94. The van der Waals surface area contributed by atoms with Gasteiger partial charge in [0.1, 0.15) is 17.3 Å². The van der Waals surface area contributed by atoms with E-state index in [1.54, 1.807) is 19.1 Å². The summed E-state index contributed by atoms with van der Waals surface area (Å²) < 4.78 is 19.5. The average molecular weight is 454 g/mol. The van der Waals surface area contributed by atoms with Crippen molar-refractivity contribution in [1.29, 1.82) is 0 Å². The van der Waals surface area contributed by atoms with E-state index < -0.39 is 29.3 Å². The maximum Gasteiger partial charge on any atom is 0.295 e. The summed E-state index contributed by atoms with van der Waals surface area (Å²) in [5, 5.41) is 21.0. The van der Waals surface area contributed by atoms with Gasteiger partial charge < -0.3 is 19.8 Å². The number of phenolic OH excluding ortho intramolecular Hbond substituents is 1. The minimum atomic E-state index is -0.883. The number of hydrogen-bond donors (Lipinski definition) is 2. The molecule has 0 saturated carbocycles. The maximum atomic E-state index is 14.2. The number of ketones is 1. The Morgan fingerprint density at radius 3 is 2.58 bits per heavy atom. The molecule has 1 unspecified atom stereocenters. The monoisotopic (exact) mass is 454 g/mol. The van der Waals surface area contributed by atoms with Crippen LogP contribution in [0.5, 0.6) is 5.75 Å². The summed E-state index contributed by atoms with van der Waals surface area (Å²) in [6.07, 6.45) is 0.627. The number of hydrogen-bond acceptors (Lipinski definition) is 6. The van der Waals surface area contributed by atoms with Gasteiger partial charge in [-0.05, 0) is 42.7 Å². The molecule has 1 atom stereocenters. The normalized spacial score (nSPS) is 21.0. The molecule has 0 aromatic heterocycles. The molecule has 2 fully saturated rings. The van der Waals surface area contributed by atoms with Gasteiger partial charge in [0, 0.05) is 31.7 Å². The van der Waals surface area contributed by atoms with Gasteiger partial charge in [0.05, 0.1) is 24.8 Å². The number of aliphatic hydroxyl groups is 1. The van der Waals surface area contributed by atoms with Crippen molar-refractivity contribution < 1.29 is 28.9 Å². The molecule has 7 nitrogen and oxygen atoms in total. The van der Waals surface area contributed by atoms with Crippen molar-refractivity contribution in [2.45, 2.75) is 19.4 Å². The number of aryl methyl sites for hydroxylation is 1. The van der Waals surface area contributed by atoms with Crippen molar-refractivity contribution in [3.63, 3.8) is 0 Å². The molecule has 8 heteroatoms. The zero-order chi connectivity index (χ0) is 23.5. The van der Waals surface area contributed by atoms with Crippen molar-refractivity contribution in [2.24, 2.45) is 0 Å². The molecule has 2 aromatic rings. The van der Waals surface area contributed by atoms with Crippen molar-refractivity contribution in [2.75, 3.05) is 39.4 Å². The van der Waals surface area contributed by atoms with Crippen LogP contribution in [0, 0.1) is 12.7 Å². The number of aromatic hydroxyl groups is 1. The highest BCUT2D eigenvalue weighted by molar-refractivity contribution is 6.46. The van der Waals surface area contributed by atoms with Crippen LogP contribution >= 0.6 is 0 Å². The minimum absolute atomic E-state index is 0.0206. The van der Waals surface area contributed by atoms with Crippen molar-refractivity contribution in [3.05, 3.63) is 70.5 Å². The molecule has 2 aromatic carbocycles. The number of morpholine rings is 1. The summed E-state index contributed by atoms with van der Waals surface area (Å²) in [5.41, 5.74) is 0.907. The summed E-state index contributed by atoms with van der Waals surface area (Å²) >= 11 is 0. The Morgan fingerprint density at radius 2 is 1.88 bits per heavy atom. The van der Waals surface area contributed by atoms with E-state index in [4.69, 9.17) is 4.74 Å². The van der Waals surface area contributed by atoms with E-state index in [-0.39, 0.29) is 16.9 Å².